The Labute approximate surface area is 128 Å². The van der Waals surface area contributed by atoms with Crippen molar-refractivity contribution in [1.29, 1.82) is 0 Å². The predicted octanol–water partition coefficient (Wildman–Crippen LogP) is 3.58. The third-order valence-corrected chi connectivity index (χ3v) is 4.11. The normalized spacial score (nSPS) is 11.2. The second kappa shape index (κ2) is 4.88. The van der Waals surface area contributed by atoms with Crippen LogP contribution in [-0.4, -0.2) is 9.97 Å². The highest BCUT2D eigenvalue weighted by Gasteiger charge is 2.19. The van der Waals surface area contributed by atoms with Gasteiger partial charge in [0, 0.05) is 23.0 Å². The van der Waals surface area contributed by atoms with Gasteiger partial charge in [0.1, 0.15) is 6.20 Å². The van der Waals surface area contributed by atoms with E-state index < -0.39 is 0 Å². The summed E-state index contributed by atoms with van der Waals surface area (Å²) in [7, 11) is 2.03. The zero-order valence-corrected chi connectivity index (χ0v) is 12.6. The highest BCUT2D eigenvalue weighted by Crippen LogP contribution is 2.33. The van der Waals surface area contributed by atoms with Crippen molar-refractivity contribution in [3.05, 3.63) is 66.6 Å². The molecule has 3 heteroatoms. The largest absolute Gasteiger partial charge is 0.330 e. The van der Waals surface area contributed by atoms with Gasteiger partial charge < -0.3 is 0 Å². The summed E-state index contributed by atoms with van der Waals surface area (Å²) >= 11 is 0. The molecule has 0 saturated heterocycles. The maximum absolute atomic E-state index is 4.63. The van der Waals surface area contributed by atoms with Gasteiger partial charge in [-0.2, -0.15) is 0 Å². The number of rotatable bonds is 1. The van der Waals surface area contributed by atoms with Crippen molar-refractivity contribution in [2.45, 2.75) is 6.92 Å². The molecule has 0 N–H and O–H groups in total. The van der Waals surface area contributed by atoms with E-state index in [0.29, 0.717) is 0 Å². The minimum absolute atomic E-state index is 0.962. The molecule has 4 rings (SSSR count). The van der Waals surface area contributed by atoms with Gasteiger partial charge in [0.15, 0.2) is 0 Å². The zero-order chi connectivity index (χ0) is 15.1. The number of benzene rings is 2. The van der Waals surface area contributed by atoms with Gasteiger partial charge in [0.2, 0.25) is 0 Å². The lowest BCUT2D eigenvalue weighted by atomic mass is 9.97. The van der Waals surface area contributed by atoms with E-state index in [9.17, 15) is 0 Å². The zero-order valence-electron chi connectivity index (χ0n) is 12.6. The fourth-order valence-electron chi connectivity index (χ4n) is 3.02. The summed E-state index contributed by atoms with van der Waals surface area (Å²) in [5, 5.41) is 3.55. The van der Waals surface area contributed by atoms with Crippen molar-refractivity contribution in [2.75, 3.05) is 0 Å². The Bertz CT molecular complexity index is 1010. The monoisotopic (exact) mass is 286 g/mol. The fraction of sp³-hybridized carbons (Fsp3) is 0.105. The van der Waals surface area contributed by atoms with Gasteiger partial charge >= 0.3 is 5.82 Å². The molecule has 4 aromatic rings. The molecule has 0 spiro atoms. The molecule has 0 aliphatic heterocycles. The first-order valence-electron chi connectivity index (χ1n) is 7.34. The van der Waals surface area contributed by atoms with E-state index in [1.165, 1.54) is 16.3 Å². The van der Waals surface area contributed by atoms with Crippen LogP contribution in [0.4, 0.5) is 0 Å². The Balaban J connectivity index is 2.24. The van der Waals surface area contributed by atoms with E-state index >= 15 is 0 Å². The Morgan fingerprint density at radius 3 is 2.68 bits per heavy atom. The van der Waals surface area contributed by atoms with Crippen LogP contribution >= 0.6 is 0 Å². The molecule has 0 bridgehead atoms. The molecule has 0 saturated carbocycles. The number of hydrogen-bond donors (Lipinski definition) is 0. The molecule has 2 aromatic carbocycles. The molecule has 3 nitrogen and oxygen atoms in total. The topological polar surface area (TPSA) is 29.7 Å². The van der Waals surface area contributed by atoms with Gasteiger partial charge in [-0.1, -0.05) is 30.3 Å². The van der Waals surface area contributed by atoms with E-state index in [4.69, 9.17) is 0 Å². The molecule has 2 aromatic heterocycles. The van der Waals surface area contributed by atoms with Gasteiger partial charge in [0.25, 0.3) is 0 Å². The molecule has 0 aliphatic carbocycles. The summed E-state index contributed by atoms with van der Waals surface area (Å²) in [4.78, 5) is 9.23. The third-order valence-electron chi connectivity index (χ3n) is 4.11. The van der Waals surface area contributed by atoms with Gasteiger partial charge in [-0.25, -0.2) is 4.57 Å². The van der Waals surface area contributed by atoms with Crippen LogP contribution < -0.4 is 4.57 Å². The lowest BCUT2D eigenvalue weighted by Gasteiger charge is -2.10. The Morgan fingerprint density at radius 1 is 0.955 bits per heavy atom. The molecular formula is C19H16N3+. The Morgan fingerprint density at radius 2 is 1.82 bits per heavy atom. The third kappa shape index (κ3) is 1.86. The summed E-state index contributed by atoms with van der Waals surface area (Å²) in [5.41, 5.74) is 3.37. The molecule has 0 aliphatic rings. The number of fused-ring (bicyclic) bond motifs is 3. The first-order chi connectivity index (χ1) is 10.8. The number of aryl methyl sites for hydroxylation is 2. The fourth-order valence-corrected chi connectivity index (χ4v) is 3.02. The molecule has 2 heterocycles. The van der Waals surface area contributed by atoms with Crippen LogP contribution in [0.25, 0.3) is 33.1 Å². The van der Waals surface area contributed by atoms with E-state index in [0.717, 1.165) is 22.3 Å². The van der Waals surface area contributed by atoms with E-state index in [2.05, 4.69) is 51.8 Å². The van der Waals surface area contributed by atoms with Crippen molar-refractivity contribution < 1.29 is 4.57 Å². The van der Waals surface area contributed by atoms with Crippen molar-refractivity contribution in [2.24, 2.45) is 7.05 Å². The van der Waals surface area contributed by atoms with Crippen LogP contribution in [0.3, 0.4) is 0 Å². The van der Waals surface area contributed by atoms with Crippen LogP contribution in [0.5, 0.6) is 0 Å². The van der Waals surface area contributed by atoms with E-state index in [1.54, 1.807) is 0 Å². The minimum Gasteiger partial charge on any atom is -0.256 e. The van der Waals surface area contributed by atoms with Crippen molar-refractivity contribution >= 4 is 21.7 Å². The van der Waals surface area contributed by atoms with Gasteiger partial charge in [-0.15, -0.1) is 0 Å². The summed E-state index contributed by atoms with van der Waals surface area (Å²) in [6.45, 7) is 2.13. The Kier molecular flexibility index (Phi) is 2.86. The SMILES string of the molecule is Cc1ccc2ncc3ccccc3c2c1-c1nccc[n+]1C. The summed E-state index contributed by atoms with van der Waals surface area (Å²) < 4.78 is 2.06. The second-order valence-corrected chi connectivity index (χ2v) is 5.55. The first-order valence-corrected chi connectivity index (χ1v) is 7.34. The molecule has 0 fully saturated rings. The van der Waals surface area contributed by atoms with E-state index in [-0.39, 0.29) is 0 Å². The van der Waals surface area contributed by atoms with Crippen molar-refractivity contribution in [1.82, 2.24) is 9.97 Å². The first kappa shape index (κ1) is 12.9. The molecule has 22 heavy (non-hydrogen) atoms. The van der Waals surface area contributed by atoms with Crippen molar-refractivity contribution in [3.63, 3.8) is 0 Å². The highest BCUT2D eigenvalue weighted by molar-refractivity contribution is 6.12. The van der Waals surface area contributed by atoms with E-state index in [1.807, 2.05) is 37.8 Å². The quantitative estimate of drug-likeness (QED) is 0.395. The number of aromatic nitrogens is 3. The predicted molar refractivity (Wildman–Crippen MR) is 88.4 cm³/mol. The van der Waals surface area contributed by atoms with Crippen molar-refractivity contribution in [3.8, 4) is 11.4 Å². The molecule has 0 unspecified atom stereocenters. The highest BCUT2D eigenvalue weighted by atomic mass is 15.0. The number of pyridine rings is 1. The lowest BCUT2D eigenvalue weighted by molar-refractivity contribution is -0.663. The molecular weight excluding hydrogens is 270 g/mol. The lowest BCUT2D eigenvalue weighted by Crippen LogP contribution is -2.31. The number of hydrogen-bond acceptors (Lipinski definition) is 2. The molecule has 0 radical (unpaired) electrons. The molecule has 0 amide bonds. The summed E-state index contributed by atoms with van der Waals surface area (Å²) in [5.74, 6) is 0.962. The second-order valence-electron chi connectivity index (χ2n) is 5.55. The van der Waals surface area contributed by atoms with Gasteiger partial charge in [0.05, 0.1) is 24.3 Å². The minimum atomic E-state index is 0.962. The van der Waals surface area contributed by atoms with Crippen LogP contribution in [0.15, 0.2) is 61.1 Å². The van der Waals surface area contributed by atoms with Crippen LogP contribution in [-0.2, 0) is 7.05 Å². The standard InChI is InChI=1S/C19H16N3/c1-13-8-9-16-18(15-7-4-3-6-14(15)12-21-16)17(13)19-20-10-5-11-22(19)2/h3-12H,1-2H3/q+1. The van der Waals surface area contributed by atoms with Crippen LogP contribution in [0.2, 0.25) is 0 Å². The molecule has 106 valence electrons. The summed E-state index contributed by atoms with van der Waals surface area (Å²) in [6.07, 6.45) is 5.81. The maximum Gasteiger partial charge on any atom is 0.330 e. The van der Waals surface area contributed by atoms with Gasteiger partial charge in [-0.3, -0.25) is 4.98 Å². The summed E-state index contributed by atoms with van der Waals surface area (Å²) in [6, 6.07) is 14.5. The van der Waals surface area contributed by atoms with Crippen LogP contribution in [0.1, 0.15) is 5.56 Å². The Hall–Kier alpha value is -2.81. The maximum atomic E-state index is 4.63. The molecule has 0 atom stereocenters. The average molecular weight is 286 g/mol. The average Bonchev–Trinajstić information content (AvgIpc) is 2.55. The smallest absolute Gasteiger partial charge is 0.256 e. The van der Waals surface area contributed by atoms with Gasteiger partial charge in [-0.05, 0) is 28.9 Å². The number of nitrogens with zero attached hydrogens (tertiary/aromatic N) is 3. The van der Waals surface area contributed by atoms with Crippen LogP contribution in [0, 0.1) is 6.92 Å².